The van der Waals surface area contributed by atoms with Crippen LogP contribution in [0.3, 0.4) is 0 Å². The number of carbonyl (C=O) groups is 1. The number of thioether (sulfide) groups is 1. The molecule has 0 spiro atoms. The summed E-state index contributed by atoms with van der Waals surface area (Å²) in [5, 5.41) is 17.7. The topological polar surface area (TPSA) is 97.6 Å². The van der Waals surface area contributed by atoms with Gasteiger partial charge in [0.15, 0.2) is 16.8 Å². The number of nitrogens with zero attached hydrogens (tertiary/aromatic N) is 4. The number of nitriles is 1. The highest BCUT2D eigenvalue weighted by molar-refractivity contribution is 7.99. The first kappa shape index (κ1) is 20.2. The van der Waals surface area contributed by atoms with Crippen LogP contribution in [0, 0.1) is 23.0 Å². The molecular formula is C20H15F2N5OS. The molecule has 6 nitrogen and oxygen atoms in total. The predicted molar refractivity (Wildman–Crippen MR) is 105 cm³/mol. The summed E-state index contributed by atoms with van der Waals surface area (Å²) in [6.07, 6.45) is 0. The molecule has 2 aromatic carbocycles. The highest BCUT2D eigenvalue weighted by Crippen LogP contribution is 2.28. The van der Waals surface area contributed by atoms with Gasteiger partial charge in [-0.3, -0.25) is 9.36 Å². The Bertz CT molecular complexity index is 1110. The highest BCUT2D eigenvalue weighted by atomic mass is 32.2. The van der Waals surface area contributed by atoms with E-state index in [2.05, 4.69) is 10.2 Å². The molecule has 0 aliphatic rings. The molecule has 0 unspecified atom stereocenters. The van der Waals surface area contributed by atoms with Crippen LogP contribution in [0.4, 0.5) is 8.78 Å². The number of aromatic nitrogens is 3. The van der Waals surface area contributed by atoms with Crippen LogP contribution in [0.25, 0.3) is 17.1 Å². The fourth-order valence-corrected chi connectivity index (χ4v) is 3.37. The van der Waals surface area contributed by atoms with Gasteiger partial charge in [-0.2, -0.15) is 5.26 Å². The first-order valence-corrected chi connectivity index (χ1v) is 9.39. The zero-order chi connectivity index (χ0) is 21.0. The molecule has 0 bridgehead atoms. The molecule has 0 amide bonds. The third kappa shape index (κ3) is 4.50. The van der Waals surface area contributed by atoms with Gasteiger partial charge in [-0.05, 0) is 55.5 Å². The van der Waals surface area contributed by atoms with E-state index in [1.54, 1.807) is 34.9 Å². The summed E-state index contributed by atoms with van der Waals surface area (Å²) in [6.45, 7) is 1.48. The minimum absolute atomic E-state index is 0.0832. The van der Waals surface area contributed by atoms with E-state index in [1.165, 1.54) is 31.2 Å². The van der Waals surface area contributed by atoms with E-state index in [-0.39, 0.29) is 17.0 Å². The second kappa shape index (κ2) is 8.67. The Labute approximate surface area is 169 Å². The van der Waals surface area contributed by atoms with Crippen LogP contribution in [0.5, 0.6) is 0 Å². The largest absolute Gasteiger partial charge is 0.401 e. The van der Waals surface area contributed by atoms with Crippen molar-refractivity contribution in [1.29, 1.82) is 5.26 Å². The van der Waals surface area contributed by atoms with E-state index in [0.29, 0.717) is 22.2 Å². The zero-order valence-corrected chi connectivity index (χ0v) is 16.1. The van der Waals surface area contributed by atoms with Gasteiger partial charge in [-0.25, -0.2) is 8.78 Å². The molecule has 1 aromatic heterocycles. The van der Waals surface area contributed by atoms with Crippen molar-refractivity contribution in [2.45, 2.75) is 12.1 Å². The quantitative estimate of drug-likeness (QED) is 0.378. The Balaban J connectivity index is 2.00. The molecule has 0 saturated carbocycles. The van der Waals surface area contributed by atoms with Crippen LogP contribution < -0.4 is 5.73 Å². The lowest BCUT2D eigenvalue weighted by Gasteiger charge is -2.10. The van der Waals surface area contributed by atoms with Crippen molar-refractivity contribution in [2.24, 2.45) is 5.73 Å². The van der Waals surface area contributed by atoms with Crippen LogP contribution in [0.2, 0.25) is 0 Å². The van der Waals surface area contributed by atoms with E-state index in [0.717, 1.165) is 11.8 Å². The van der Waals surface area contributed by atoms with Crippen molar-refractivity contribution in [3.05, 3.63) is 71.4 Å². The van der Waals surface area contributed by atoms with Crippen LogP contribution in [-0.4, -0.2) is 26.3 Å². The maximum Gasteiger partial charge on any atom is 0.196 e. The maximum atomic E-state index is 13.4. The number of nitrogens with two attached hydrogens (primary N) is 1. The Kier molecular flexibility index (Phi) is 6.04. The monoisotopic (exact) mass is 411 g/mol. The molecule has 0 aliphatic carbocycles. The second-order valence-corrected chi connectivity index (χ2v) is 6.95. The summed E-state index contributed by atoms with van der Waals surface area (Å²) < 4.78 is 28.3. The van der Waals surface area contributed by atoms with Crippen LogP contribution in [0.15, 0.2) is 65.0 Å². The molecule has 29 heavy (non-hydrogen) atoms. The highest BCUT2D eigenvalue weighted by Gasteiger charge is 2.19. The van der Waals surface area contributed by atoms with E-state index in [9.17, 15) is 13.6 Å². The first-order chi connectivity index (χ1) is 13.9. The third-order valence-corrected chi connectivity index (χ3v) is 4.87. The van der Waals surface area contributed by atoms with E-state index in [1.807, 2.05) is 0 Å². The molecule has 0 radical (unpaired) electrons. The Morgan fingerprint density at radius 3 is 2.24 bits per heavy atom. The normalized spacial score (nSPS) is 11.7. The van der Waals surface area contributed by atoms with E-state index >= 15 is 0 Å². The average molecular weight is 411 g/mol. The van der Waals surface area contributed by atoms with Crippen LogP contribution in [-0.2, 0) is 4.79 Å². The van der Waals surface area contributed by atoms with Crippen molar-refractivity contribution in [1.82, 2.24) is 14.8 Å². The van der Waals surface area contributed by atoms with Gasteiger partial charge >= 0.3 is 0 Å². The average Bonchev–Trinajstić information content (AvgIpc) is 3.11. The maximum absolute atomic E-state index is 13.4. The number of hydrogen-bond donors (Lipinski definition) is 1. The fraction of sp³-hybridized carbons (Fsp3) is 0.100. The summed E-state index contributed by atoms with van der Waals surface area (Å²) in [5.74, 6) is -0.918. The molecule has 0 fully saturated rings. The molecule has 9 heteroatoms. The summed E-state index contributed by atoms with van der Waals surface area (Å²) in [5.41, 5.74) is 6.77. The Morgan fingerprint density at radius 1 is 1.10 bits per heavy atom. The minimum atomic E-state index is -0.436. The van der Waals surface area contributed by atoms with Crippen molar-refractivity contribution in [3.8, 4) is 23.1 Å². The molecule has 0 saturated heterocycles. The third-order valence-electron chi connectivity index (χ3n) is 3.94. The number of rotatable bonds is 6. The van der Waals surface area contributed by atoms with Gasteiger partial charge in [0.25, 0.3) is 0 Å². The van der Waals surface area contributed by atoms with Crippen molar-refractivity contribution >= 4 is 17.5 Å². The van der Waals surface area contributed by atoms with Gasteiger partial charge in [0.2, 0.25) is 0 Å². The first-order valence-electron chi connectivity index (χ1n) is 8.40. The number of Topliss-reactive ketones (excluding diaryl/α,β-unsaturated/α-hetero) is 1. The van der Waals surface area contributed by atoms with Crippen molar-refractivity contribution in [3.63, 3.8) is 0 Å². The Hall–Kier alpha value is -3.51. The molecule has 146 valence electrons. The number of ketones is 1. The number of hydrogen-bond acceptors (Lipinski definition) is 6. The number of allylic oxidation sites excluding steroid dienone is 2. The molecular weight excluding hydrogens is 396 g/mol. The summed E-state index contributed by atoms with van der Waals surface area (Å²) >= 11 is 1.07. The summed E-state index contributed by atoms with van der Waals surface area (Å²) in [7, 11) is 0. The zero-order valence-electron chi connectivity index (χ0n) is 15.3. The second-order valence-electron chi connectivity index (χ2n) is 6.01. The SMILES string of the molecule is C/C(N)=C(/C#N)C(=O)CSc1nnc(-c2ccc(F)cc2)n1-c1ccc(F)cc1. The summed E-state index contributed by atoms with van der Waals surface area (Å²) in [6, 6.07) is 13.2. The van der Waals surface area contributed by atoms with Gasteiger partial charge in [0.1, 0.15) is 23.3 Å². The lowest BCUT2D eigenvalue weighted by atomic mass is 10.2. The molecule has 2 N–H and O–H groups in total. The number of benzene rings is 2. The molecule has 3 rings (SSSR count). The molecule has 0 aliphatic heterocycles. The van der Waals surface area contributed by atoms with Gasteiger partial charge in [-0.15, -0.1) is 10.2 Å². The smallest absolute Gasteiger partial charge is 0.196 e. The van der Waals surface area contributed by atoms with Gasteiger partial charge in [0, 0.05) is 16.9 Å². The molecule has 1 heterocycles. The predicted octanol–water partition coefficient (Wildman–Crippen LogP) is 3.63. The van der Waals surface area contributed by atoms with Crippen molar-refractivity contribution in [2.75, 3.05) is 5.75 Å². The van der Waals surface area contributed by atoms with Crippen molar-refractivity contribution < 1.29 is 13.6 Å². The summed E-state index contributed by atoms with van der Waals surface area (Å²) in [4.78, 5) is 12.3. The lowest BCUT2D eigenvalue weighted by Crippen LogP contribution is -2.11. The van der Waals surface area contributed by atoms with Gasteiger partial charge in [0.05, 0.1) is 5.75 Å². The lowest BCUT2D eigenvalue weighted by molar-refractivity contribution is -0.112. The number of carbonyl (C=O) groups excluding carboxylic acids is 1. The fourth-order valence-electron chi connectivity index (χ4n) is 2.54. The Morgan fingerprint density at radius 2 is 1.69 bits per heavy atom. The number of halogens is 2. The van der Waals surface area contributed by atoms with Crippen LogP contribution in [0.1, 0.15) is 6.92 Å². The van der Waals surface area contributed by atoms with Crippen LogP contribution >= 0.6 is 11.8 Å². The van der Waals surface area contributed by atoms with E-state index in [4.69, 9.17) is 11.0 Å². The van der Waals surface area contributed by atoms with Gasteiger partial charge < -0.3 is 5.73 Å². The van der Waals surface area contributed by atoms with E-state index < -0.39 is 17.4 Å². The standard InChI is InChI=1S/C20H15F2N5OS/c1-12(24)17(10-23)18(28)11-29-20-26-25-19(13-2-4-14(21)5-3-13)27(20)16-8-6-15(22)7-9-16/h2-9H,11,24H2,1H3/b17-12+. The molecule has 3 aromatic rings. The van der Waals surface area contributed by atoms with Gasteiger partial charge in [-0.1, -0.05) is 11.8 Å². The minimum Gasteiger partial charge on any atom is -0.401 e. The molecule has 0 atom stereocenters.